The lowest BCUT2D eigenvalue weighted by Gasteiger charge is -2.19. The number of anilines is 1. The number of amides is 1. The summed E-state index contributed by atoms with van der Waals surface area (Å²) in [6, 6.07) is 13.1. The number of rotatable bonds is 5. The van der Waals surface area contributed by atoms with Crippen molar-refractivity contribution in [2.24, 2.45) is 5.73 Å². The molecule has 0 aliphatic rings. The third-order valence-corrected chi connectivity index (χ3v) is 3.41. The highest BCUT2D eigenvalue weighted by atomic mass is 16.3. The van der Waals surface area contributed by atoms with E-state index in [1.54, 1.807) is 6.07 Å². The van der Waals surface area contributed by atoms with Gasteiger partial charge in [0.25, 0.3) is 0 Å². The smallest absolute Gasteiger partial charge is 0.221 e. The highest BCUT2D eigenvalue weighted by molar-refractivity contribution is 5.78. The molecule has 0 bridgehead atoms. The van der Waals surface area contributed by atoms with E-state index in [0.717, 1.165) is 22.4 Å². The minimum atomic E-state index is -0.366. The zero-order valence-electron chi connectivity index (χ0n) is 12.3. The molecule has 0 spiro atoms. The molecule has 4 heteroatoms. The second-order valence-corrected chi connectivity index (χ2v) is 5.23. The number of nitrogens with one attached hydrogen (secondary N) is 1. The Kier molecular flexibility index (Phi) is 4.48. The number of aryl methyl sites for hydroxylation is 1. The van der Waals surface area contributed by atoms with E-state index in [0.29, 0.717) is 0 Å². The van der Waals surface area contributed by atoms with Crippen LogP contribution in [0.1, 0.15) is 29.7 Å². The van der Waals surface area contributed by atoms with Crippen LogP contribution in [0.2, 0.25) is 0 Å². The predicted octanol–water partition coefficient (Wildman–Crippen LogP) is 2.90. The second-order valence-electron chi connectivity index (χ2n) is 5.23. The van der Waals surface area contributed by atoms with Crippen LogP contribution in [0.25, 0.3) is 0 Å². The summed E-state index contributed by atoms with van der Waals surface area (Å²) >= 11 is 0. The van der Waals surface area contributed by atoms with Crippen molar-refractivity contribution in [3.8, 4) is 5.75 Å². The molecule has 4 N–H and O–H groups in total. The minimum absolute atomic E-state index is 0.0837. The molecular formula is C17H20N2O2. The maximum Gasteiger partial charge on any atom is 0.221 e. The number of carbonyl (C=O) groups excluding carboxylic acids is 1. The van der Waals surface area contributed by atoms with Crippen LogP contribution in [-0.2, 0) is 11.2 Å². The van der Waals surface area contributed by atoms with Crippen molar-refractivity contribution in [3.05, 3.63) is 59.2 Å². The Bertz CT molecular complexity index is 653. The Hall–Kier alpha value is -2.49. The van der Waals surface area contributed by atoms with Gasteiger partial charge in [0.2, 0.25) is 5.91 Å². The van der Waals surface area contributed by atoms with Gasteiger partial charge in [0.05, 0.1) is 12.5 Å². The molecule has 0 saturated carbocycles. The fraction of sp³-hybridized carbons (Fsp3) is 0.235. The quantitative estimate of drug-likeness (QED) is 0.790. The van der Waals surface area contributed by atoms with Crippen LogP contribution >= 0.6 is 0 Å². The molecule has 110 valence electrons. The highest BCUT2D eigenvalue weighted by Gasteiger charge is 2.12. The van der Waals surface area contributed by atoms with Gasteiger partial charge in [0, 0.05) is 11.3 Å². The lowest BCUT2D eigenvalue weighted by atomic mass is 10.0. The minimum Gasteiger partial charge on any atom is -0.508 e. The van der Waals surface area contributed by atoms with Crippen molar-refractivity contribution in [2.75, 3.05) is 5.32 Å². The fourth-order valence-corrected chi connectivity index (χ4v) is 2.33. The van der Waals surface area contributed by atoms with Crippen molar-refractivity contribution in [3.63, 3.8) is 0 Å². The molecule has 1 unspecified atom stereocenters. The molecule has 0 aliphatic carbocycles. The average molecular weight is 284 g/mol. The first kappa shape index (κ1) is 14.9. The third kappa shape index (κ3) is 3.75. The SMILES string of the molecule is Cc1ccc(C(C)Nc2ccccc2CC(N)=O)c(O)c1. The molecule has 1 amide bonds. The number of carbonyl (C=O) groups is 1. The third-order valence-electron chi connectivity index (χ3n) is 3.41. The van der Waals surface area contributed by atoms with Crippen LogP contribution in [-0.4, -0.2) is 11.0 Å². The van der Waals surface area contributed by atoms with E-state index in [1.165, 1.54) is 0 Å². The normalized spacial score (nSPS) is 11.9. The Labute approximate surface area is 124 Å². The van der Waals surface area contributed by atoms with Gasteiger partial charge >= 0.3 is 0 Å². The summed E-state index contributed by atoms with van der Waals surface area (Å²) in [5.74, 6) is -0.0996. The first-order valence-corrected chi connectivity index (χ1v) is 6.89. The number of phenols is 1. The maximum atomic E-state index is 11.1. The van der Waals surface area contributed by atoms with Gasteiger partial charge in [-0.15, -0.1) is 0 Å². The van der Waals surface area contributed by atoms with Gasteiger partial charge in [0.1, 0.15) is 5.75 Å². The Morgan fingerprint density at radius 1 is 1.29 bits per heavy atom. The summed E-state index contributed by atoms with van der Waals surface area (Å²) in [5, 5.41) is 13.4. The lowest BCUT2D eigenvalue weighted by molar-refractivity contribution is -0.117. The fourth-order valence-electron chi connectivity index (χ4n) is 2.33. The van der Waals surface area contributed by atoms with E-state index in [4.69, 9.17) is 5.73 Å². The summed E-state index contributed by atoms with van der Waals surface area (Å²) in [7, 11) is 0. The Morgan fingerprint density at radius 2 is 2.00 bits per heavy atom. The molecule has 0 fully saturated rings. The molecule has 0 saturated heterocycles. The van der Waals surface area contributed by atoms with E-state index < -0.39 is 0 Å². The van der Waals surface area contributed by atoms with E-state index in [1.807, 2.05) is 50.2 Å². The molecule has 0 aliphatic heterocycles. The molecular weight excluding hydrogens is 264 g/mol. The van der Waals surface area contributed by atoms with Gasteiger partial charge in [-0.05, 0) is 37.1 Å². The Morgan fingerprint density at radius 3 is 2.67 bits per heavy atom. The average Bonchev–Trinajstić information content (AvgIpc) is 2.40. The summed E-state index contributed by atoms with van der Waals surface area (Å²) in [6.07, 6.45) is 0.190. The van der Waals surface area contributed by atoms with Crippen LogP contribution in [0, 0.1) is 6.92 Å². The number of phenolic OH excluding ortho intramolecular Hbond substituents is 1. The van der Waals surface area contributed by atoms with Crippen molar-refractivity contribution in [1.29, 1.82) is 0 Å². The molecule has 0 radical (unpaired) electrons. The molecule has 2 aromatic rings. The van der Waals surface area contributed by atoms with Gasteiger partial charge < -0.3 is 16.2 Å². The first-order chi connectivity index (χ1) is 9.97. The van der Waals surface area contributed by atoms with Gasteiger partial charge in [-0.2, -0.15) is 0 Å². The van der Waals surface area contributed by atoms with Crippen LogP contribution in [0.15, 0.2) is 42.5 Å². The maximum absolute atomic E-state index is 11.1. The molecule has 0 heterocycles. The number of primary amides is 1. The molecule has 21 heavy (non-hydrogen) atoms. The zero-order valence-corrected chi connectivity index (χ0v) is 12.3. The number of aromatic hydroxyl groups is 1. The van der Waals surface area contributed by atoms with Crippen molar-refractivity contribution in [2.45, 2.75) is 26.3 Å². The van der Waals surface area contributed by atoms with Gasteiger partial charge in [-0.25, -0.2) is 0 Å². The standard InChI is InChI=1S/C17H20N2O2/c1-11-7-8-14(16(20)9-11)12(2)19-15-6-4-3-5-13(15)10-17(18)21/h3-9,12,19-20H,10H2,1-2H3,(H2,18,21). The predicted molar refractivity (Wildman–Crippen MR) is 84.2 cm³/mol. The Balaban J connectivity index is 2.23. The van der Waals surface area contributed by atoms with Crippen LogP contribution in [0.5, 0.6) is 5.75 Å². The van der Waals surface area contributed by atoms with E-state index >= 15 is 0 Å². The van der Waals surface area contributed by atoms with Crippen LogP contribution in [0.3, 0.4) is 0 Å². The summed E-state index contributed by atoms with van der Waals surface area (Å²) in [5.41, 5.74) is 8.80. The molecule has 2 aromatic carbocycles. The van der Waals surface area contributed by atoms with Gasteiger partial charge in [0.15, 0.2) is 0 Å². The van der Waals surface area contributed by atoms with Crippen molar-refractivity contribution >= 4 is 11.6 Å². The molecule has 2 rings (SSSR count). The number of hydrogen-bond acceptors (Lipinski definition) is 3. The topological polar surface area (TPSA) is 75.3 Å². The second kappa shape index (κ2) is 6.31. The summed E-state index contributed by atoms with van der Waals surface area (Å²) < 4.78 is 0. The number of benzene rings is 2. The zero-order chi connectivity index (χ0) is 15.4. The summed E-state index contributed by atoms with van der Waals surface area (Å²) in [6.45, 7) is 3.90. The largest absolute Gasteiger partial charge is 0.508 e. The lowest BCUT2D eigenvalue weighted by Crippen LogP contribution is -2.16. The monoisotopic (exact) mass is 284 g/mol. The van der Waals surface area contributed by atoms with Crippen molar-refractivity contribution < 1.29 is 9.90 Å². The van der Waals surface area contributed by atoms with Crippen molar-refractivity contribution in [1.82, 2.24) is 0 Å². The molecule has 4 nitrogen and oxygen atoms in total. The summed E-state index contributed by atoms with van der Waals surface area (Å²) in [4.78, 5) is 11.1. The highest BCUT2D eigenvalue weighted by Crippen LogP contribution is 2.29. The van der Waals surface area contributed by atoms with E-state index in [2.05, 4.69) is 5.32 Å². The first-order valence-electron chi connectivity index (χ1n) is 6.89. The van der Waals surface area contributed by atoms with Gasteiger partial charge in [-0.3, -0.25) is 4.79 Å². The van der Waals surface area contributed by atoms with Crippen LogP contribution < -0.4 is 11.1 Å². The number of nitrogens with two attached hydrogens (primary N) is 1. The van der Waals surface area contributed by atoms with E-state index in [-0.39, 0.29) is 24.1 Å². The van der Waals surface area contributed by atoms with E-state index in [9.17, 15) is 9.90 Å². The number of hydrogen-bond donors (Lipinski definition) is 3. The van der Waals surface area contributed by atoms with Gasteiger partial charge in [-0.1, -0.05) is 30.3 Å². The van der Waals surface area contributed by atoms with Crippen LogP contribution in [0.4, 0.5) is 5.69 Å². The molecule has 1 atom stereocenters. The molecule has 0 aromatic heterocycles. The number of para-hydroxylation sites is 1.